The van der Waals surface area contributed by atoms with Crippen LogP contribution in [-0.2, 0) is 22.6 Å². The molecule has 37 heavy (non-hydrogen) atoms. The minimum atomic E-state index is -0.672. The molecule has 1 aromatic heterocycles. The first-order valence-corrected chi connectivity index (χ1v) is 12.9. The van der Waals surface area contributed by atoms with E-state index in [-0.39, 0.29) is 23.5 Å². The zero-order valence-electron chi connectivity index (χ0n) is 21.6. The summed E-state index contributed by atoms with van der Waals surface area (Å²) in [4.78, 5) is 31.9. The fourth-order valence-corrected chi connectivity index (χ4v) is 4.73. The number of hydrogen-bond donors (Lipinski definition) is 1. The fraction of sp³-hybridized carbons (Fsp3) is 0.367. The first-order chi connectivity index (χ1) is 17.9. The second-order valence-electron chi connectivity index (χ2n) is 9.84. The molecule has 1 aliphatic rings. The van der Waals surface area contributed by atoms with Crippen molar-refractivity contribution < 1.29 is 18.7 Å². The Hall–Kier alpha value is -3.74. The van der Waals surface area contributed by atoms with Crippen LogP contribution < -0.4 is 10.1 Å². The number of rotatable bonds is 9. The van der Waals surface area contributed by atoms with Gasteiger partial charge in [-0.3, -0.25) is 14.6 Å². The van der Waals surface area contributed by atoms with Crippen LogP contribution in [0.15, 0.2) is 67.0 Å². The van der Waals surface area contributed by atoms with Crippen molar-refractivity contribution in [2.24, 2.45) is 5.92 Å². The third-order valence-electron chi connectivity index (χ3n) is 6.57. The summed E-state index contributed by atoms with van der Waals surface area (Å²) in [6.45, 7) is 6.89. The average Bonchev–Trinajstić information content (AvgIpc) is 2.89. The molecule has 2 amide bonds. The average molecular weight is 504 g/mol. The fourth-order valence-electron chi connectivity index (χ4n) is 4.73. The van der Waals surface area contributed by atoms with Crippen LogP contribution >= 0.6 is 0 Å². The molecule has 0 spiro atoms. The minimum Gasteiger partial charge on any atom is -0.481 e. The predicted molar refractivity (Wildman–Crippen MR) is 140 cm³/mol. The van der Waals surface area contributed by atoms with Gasteiger partial charge in [0.15, 0.2) is 6.10 Å². The molecule has 7 heteroatoms. The van der Waals surface area contributed by atoms with Crippen LogP contribution in [0.2, 0.25) is 0 Å². The normalized spacial score (nSPS) is 15.7. The van der Waals surface area contributed by atoms with Gasteiger partial charge >= 0.3 is 0 Å². The molecule has 2 aromatic carbocycles. The molecule has 4 rings (SSSR count). The zero-order chi connectivity index (χ0) is 26.4. The molecule has 6 nitrogen and oxygen atoms in total. The van der Waals surface area contributed by atoms with Crippen molar-refractivity contribution in [2.45, 2.75) is 58.7 Å². The van der Waals surface area contributed by atoms with Crippen molar-refractivity contribution >= 4 is 11.8 Å². The molecule has 1 N–H and O–H groups in total. The highest BCUT2D eigenvalue weighted by Gasteiger charge is 2.33. The smallest absolute Gasteiger partial charge is 0.261 e. The van der Waals surface area contributed by atoms with Gasteiger partial charge in [0.25, 0.3) is 5.91 Å². The van der Waals surface area contributed by atoms with Crippen molar-refractivity contribution in [3.63, 3.8) is 0 Å². The summed E-state index contributed by atoms with van der Waals surface area (Å²) in [5, 5.41) is 2.93. The molecule has 0 radical (unpaired) electrons. The topological polar surface area (TPSA) is 71.5 Å². The Morgan fingerprint density at radius 2 is 1.92 bits per heavy atom. The summed E-state index contributed by atoms with van der Waals surface area (Å²) in [5.41, 5.74) is 3.66. The lowest BCUT2D eigenvalue weighted by Crippen LogP contribution is -2.41. The highest BCUT2D eigenvalue weighted by molar-refractivity contribution is 5.81. The molecule has 3 aromatic rings. The third-order valence-corrected chi connectivity index (χ3v) is 6.57. The van der Waals surface area contributed by atoms with Gasteiger partial charge in [-0.05, 0) is 77.4 Å². The Bertz CT molecular complexity index is 1230. The van der Waals surface area contributed by atoms with Crippen molar-refractivity contribution in [1.29, 1.82) is 0 Å². The SMILES string of the molecule is CC[C@@H](Oc1ccc2c(c1)[C@H](c1cccc(F)c1)N(C(=O)CC(C)C)CC2)C(=O)NCc1ccncc1. The number of carbonyl (C=O) groups excluding carboxylic acids is 2. The molecule has 0 unspecified atom stereocenters. The van der Waals surface area contributed by atoms with Crippen LogP contribution in [0.5, 0.6) is 5.75 Å². The van der Waals surface area contributed by atoms with Crippen LogP contribution in [0, 0.1) is 11.7 Å². The van der Waals surface area contributed by atoms with E-state index < -0.39 is 12.1 Å². The number of nitrogens with zero attached hydrogens (tertiary/aromatic N) is 2. The van der Waals surface area contributed by atoms with Crippen molar-refractivity contribution in [3.05, 3.63) is 95.1 Å². The molecular weight excluding hydrogens is 469 g/mol. The van der Waals surface area contributed by atoms with E-state index in [0.717, 1.165) is 22.3 Å². The summed E-state index contributed by atoms with van der Waals surface area (Å²) in [7, 11) is 0. The molecule has 0 fully saturated rings. The molecule has 2 heterocycles. The summed E-state index contributed by atoms with van der Waals surface area (Å²) < 4.78 is 20.4. The number of benzene rings is 2. The van der Waals surface area contributed by atoms with Crippen LogP contribution in [0.4, 0.5) is 4.39 Å². The monoisotopic (exact) mass is 503 g/mol. The van der Waals surface area contributed by atoms with E-state index in [1.54, 1.807) is 18.5 Å². The predicted octanol–water partition coefficient (Wildman–Crippen LogP) is 5.21. The van der Waals surface area contributed by atoms with Crippen LogP contribution in [0.3, 0.4) is 0 Å². The van der Waals surface area contributed by atoms with Gasteiger partial charge in [-0.25, -0.2) is 4.39 Å². The molecular formula is C30H34FN3O3. The molecule has 2 atom stereocenters. The Kier molecular flexibility index (Phi) is 8.54. The number of nitrogens with one attached hydrogen (secondary N) is 1. The van der Waals surface area contributed by atoms with Crippen LogP contribution in [0.1, 0.15) is 61.9 Å². The number of hydrogen-bond acceptors (Lipinski definition) is 4. The van der Waals surface area contributed by atoms with Crippen LogP contribution in [-0.4, -0.2) is 34.3 Å². The van der Waals surface area contributed by atoms with Gasteiger partial charge in [-0.2, -0.15) is 0 Å². The van der Waals surface area contributed by atoms with Crippen molar-refractivity contribution in [2.75, 3.05) is 6.54 Å². The number of aromatic nitrogens is 1. The molecule has 0 saturated heterocycles. The summed E-state index contributed by atoms with van der Waals surface area (Å²) in [5.74, 6) is 0.262. The summed E-state index contributed by atoms with van der Waals surface area (Å²) in [6.07, 6.45) is 4.32. The Morgan fingerprint density at radius 1 is 1.14 bits per heavy atom. The first-order valence-electron chi connectivity index (χ1n) is 12.9. The molecule has 0 saturated carbocycles. The van der Waals surface area contributed by atoms with E-state index in [2.05, 4.69) is 10.3 Å². The van der Waals surface area contributed by atoms with Gasteiger partial charge in [0, 0.05) is 31.9 Å². The summed E-state index contributed by atoms with van der Waals surface area (Å²) in [6, 6.07) is 15.5. The number of fused-ring (bicyclic) bond motifs is 1. The maximum Gasteiger partial charge on any atom is 0.261 e. The second kappa shape index (κ2) is 12.0. The Balaban J connectivity index is 1.59. The van der Waals surface area contributed by atoms with Crippen LogP contribution in [0.25, 0.3) is 0 Å². The Labute approximate surface area is 217 Å². The lowest BCUT2D eigenvalue weighted by atomic mass is 9.87. The quantitative estimate of drug-likeness (QED) is 0.435. The molecule has 0 bridgehead atoms. The van der Waals surface area contributed by atoms with Gasteiger partial charge in [0.1, 0.15) is 11.6 Å². The minimum absolute atomic E-state index is 0.0446. The number of pyridine rings is 1. The highest BCUT2D eigenvalue weighted by Crippen LogP contribution is 2.38. The lowest BCUT2D eigenvalue weighted by Gasteiger charge is -2.38. The van der Waals surface area contributed by atoms with Gasteiger partial charge in [-0.1, -0.05) is 39.0 Å². The van der Waals surface area contributed by atoms with E-state index >= 15 is 0 Å². The largest absolute Gasteiger partial charge is 0.481 e. The standard InChI is InChI=1S/C30H34FN3O3/c1-4-27(30(36)33-19-21-10-13-32-14-11-21)37-25-9-8-22-12-15-34(28(35)16-20(2)3)29(26(22)18-25)23-6-5-7-24(31)17-23/h5-11,13-14,17-18,20,27,29H,4,12,15-16,19H2,1-3H3,(H,33,36)/t27-,29+/m1/s1. The maximum absolute atomic E-state index is 14.2. The Morgan fingerprint density at radius 3 is 2.62 bits per heavy atom. The van der Waals surface area contributed by atoms with E-state index in [1.807, 2.05) is 62.1 Å². The van der Waals surface area contributed by atoms with E-state index in [1.165, 1.54) is 12.1 Å². The van der Waals surface area contributed by atoms with Gasteiger partial charge in [-0.15, -0.1) is 0 Å². The number of ether oxygens (including phenoxy) is 1. The van der Waals surface area contributed by atoms with E-state index in [0.29, 0.717) is 38.1 Å². The maximum atomic E-state index is 14.2. The highest BCUT2D eigenvalue weighted by atomic mass is 19.1. The third kappa shape index (κ3) is 6.53. The second-order valence-corrected chi connectivity index (χ2v) is 9.84. The van der Waals surface area contributed by atoms with E-state index in [4.69, 9.17) is 4.74 Å². The number of carbonyl (C=O) groups is 2. The number of halogens is 1. The van der Waals surface area contributed by atoms with Gasteiger partial charge in [0.05, 0.1) is 6.04 Å². The van der Waals surface area contributed by atoms with Crippen molar-refractivity contribution in [3.8, 4) is 5.75 Å². The molecule has 1 aliphatic heterocycles. The lowest BCUT2D eigenvalue weighted by molar-refractivity contribution is -0.134. The first kappa shape index (κ1) is 26.3. The van der Waals surface area contributed by atoms with Gasteiger partial charge in [0.2, 0.25) is 5.91 Å². The van der Waals surface area contributed by atoms with E-state index in [9.17, 15) is 14.0 Å². The van der Waals surface area contributed by atoms with Gasteiger partial charge < -0.3 is 15.0 Å². The van der Waals surface area contributed by atoms with Crippen molar-refractivity contribution in [1.82, 2.24) is 15.2 Å². The summed E-state index contributed by atoms with van der Waals surface area (Å²) >= 11 is 0. The zero-order valence-corrected chi connectivity index (χ0v) is 21.6. The molecule has 194 valence electrons. The number of amides is 2. The molecule has 0 aliphatic carbocycles.